The van der Waals surface area contributed by atoms with Gasteiger partial charge in [-0.15, -0.1) is 0 Å². The van der Waals surface area contributed by atoms with Gasteiger partial charge in [0.1, 0.15) is 11.8 Å². The van der Waals surface area contributed by atoms with E-state index in [1.54, 1.807) is 18.2 Å². The summed E-state index contributed by atoms with van der Waals surface area (Å²) in [7, 11) is 0. The molecule has 1 aromatic heterocycles. The Morgan fingerprint density at radius 1 is 1.27 bits per heavy atom. The minimum atomic E-state index is -1.03. The molecule has 0 bridgehead atoms. The first-order valence-corrected chi connectivity index (χ1v) is 4.25. The number of carbonyl (C=O) groups excluding carboxylic acids is 2. The van der Waals surface area contributed by atoms with E-state index in [2.05, 4.69) is 5.32 Å². The zero-order chi connectivity index (χ0) is 10.8. The van der Waals surface area contributed by atoms with Gasteiger partial charge in [-0.2, -0.15) is 0 Å². The van der Waals surface area contributed by atoms with Crippen molar-refractivity contribution in [2.24, 2.45) is 5.73 Å². The number of anilines is 1. The molecule has 0 saturated carbocycles. The van der Waals surface area contributed by atoms with Crippen LogP contribution >= 0.6 is 0 Å². The molecule has 5 heteroatoms. The number of carbonyl (C=O) groups is 2. The molecule has 15 heavy (non-hydrogen) atoms. The van der Waals surface area contributed by atoms with Gasteiger partial charge in [-0.05, 0) is 12.1 Å². The third-order valence-corrected chi connectivity index (χ3v) is 1.95. The summed E-state index contributed by atoms with van der Waals surface area (Å²) >= 11 is 0. The summed E-state index contributed by atoms with van der Waals surface area (Å²) in [5, 5.41) is 3.09. The Balaban J connectivity index is 2.37. The van der Waals surface area contributed by atoms with Gasteiger partial charge in [0.2, 0.25) is 0 Å². The third-order valence-electron chi connectivity index (χ3n) is 1.95. The highest BCUT2D eigenvalue weighted by Crippen LogP contribution is 2.24. The molecule has 2 amide bonds. The number of amides is 2. The smallest absolute Gasteiger partial charge is 0.313 e. The molecule has 0 aliphatic heterocycles. The minimum absolute atomic E-state index is 0.439. The maximum atomic E-state index is 11.0. The van der Waals surface area contributed by atoms with Gasteiger partial charge >= 0.3 is 11.8 Å². The number of primary amides is 1. The van der Waals surface area contributed by atoms with Gasteiger partial charge in [-0.3, -0.25) is 9.59 Å². The van der Waals surface area contributed by atoms with Crippen LogP contribution in [0.25, 0.3) is 11.0 Å². The fourth-order valence-corrected chi connectivity index (χ4v) is 1.26. The fraction of sp³-hybridized carbons (Fsp3) is 0. The van der Waals surface area contributed by atoms with E-state index >= 15 is 0 Å². The van der Waals surface area contributed by atoms with E-state index in [0.29, 0.717) is 11.3 Å². The van der Waals surface area contributed by atoms with Crippen molar-refractivity contribution < 1.29 is 14.0 Å². The highest BCUT2D eigenvalue weighted by Gasteiger charge is 2.12. The maximum Gasteiger partial charge on any atom is 0.313 e. The SMILES string of the molecule is NC(=O)C(=O)Nc1coc2ccccc12. The van der Waals surface area contributed by atoms with Crippen LogP contribution in [-0.4, -0.2) is 11.8 Å². The lowest BCUT2D eigenvalue weighted by Gasteiger charge is -1.97. The van der Waals surface area contributed by atoms with E-state index < -0.39 is 11.8 Å². The van der Waals surface area contributed by atoms with E-state index in [1.165, 1.54) is 6.26 Å². The molecule has 0 aliphatic carbocycles. The first kappa shape index (κ1) is 9.26. The first-order valence-electron chi connectivity index (χ1n) is 4.25. The Kier molecular flexibility index (Phi) is 2.13. The summed E-state index contributed by atoms with van der Waals surface area (Å²) in [6, 6.07) is 7.15. The summed E-state index contributed by atoms with van der Waals surface area (Å²) in [4.78, 5) is 21.6. The number of fused-ring (bicyclic) bond motifs is 1. The molecule has 5 nitrogen and oxygen atoms in total. The molecule has 1 heterocycles. The summed E-state index contributed by atoms with van der Waals surface area (Å²) in [5.74, 6) is -1.89. The lowest BCUT2D eigenvalue weighted by molar-refractivity contribution is -0.134. The molecule has 76 valence electrons. The first-order chi connectivity index (χ1) is 7.18. The van der Waals surface area contributed by atoms with Crippen LogP contribution in [0, 0.1) is 0 Å². The normalized spacial score (nSPS) is 10.1. The fourth-order valence-electron chi connectivity index (χ4n) is 1.26. The second-order valence-electron chi connectivity index (χ2n) is 2.96. The highest BCUT2D eigenvalue weighted by atomic mass is 16.3. The average Bonchev–Trinajstić information content (AvgIpc) is 2.62. The van der Waals surface area contributed by atoms with E-state index in [9.17, 15) is 9.59 Å². The number of hydrogen-bond acceptors (Lipinski definition) is 3. The summed E-state index contributed by atoms with van der Waals surface area (Å²) in [6.07, 6.45) is 1.37. The van der Waals surface area contributed by atoms with Crippen LogP contribution < -0.4 is 11.1 Å². The van der Waals surface area contributed by atoms with Crippen molar-refractivity contribution in [3.63, 3.8) is 0 Å². The Bertz CT molecular complexity index is 530. The largest absolute Gasteiger partial charge is 0.462 e. The molecule has 0 fully saturated rings. The van der Waals surface area contributed by atoms with Crippen LogP contribution in [0.2, 0.25) is 0 Å². The Hall–Kier alpha value is -2.30. The molecular formula is C10H8N2O3. The van der Waals surface area contributed by atoms with Crippen LogP contribution in [0.15, 0.2) is 34.9 Å². The summed E-state index contributed by atoms with van der Waals surface area (Å²) < 4.78 is 5.16. The topological polar surface area (TPSA) is 85.3 Å². The number of rotatable bonds is 1. The van der Waals surface area contributed by atoms with Crippen molar-refractivity contribution in [2.45, 2.75) is 0 Å². The Morgan fingerprint density at radius 2 is 2.00 bits per heavy atom. The van der Waals surface area contributed by atoms with Gasteiger partial charge < -0.3 is 15.5 Å². The lowest BCUT2D eigenvalue weighted by atomic mass is 10.2. The van der Waals surface area contributed by atoms with Crippen molar-refractivity contribution in [3.05, 3.63) is 30.5 Å². The predicted molar refractivity (Wildman–Crippen MR) is 54.0 cm³/mol. The second kappa shape index (κ2) is 3.45. The van der Waals surface area contributed by atoms with Crippen molar-refractivity contribution >= 4 is 28.5 Å². The van der Waals surface area contributed by atoms with E-state index in [1.807, 2.05) is 6.07 Å². The van der Waals surface area contributed by atoms with Gasteiger partial charge in [0.25, 0.3) is 0 Å². The standard InChI is InChI=1S/C10H8N2O3/c11-9(13)10(14)12-7-5-15-8-4-2-1-3-6(7)8/h1-5H,(H2,11,13)(H,12,14). The Labute approximate surface area is 84.9 Å². The number of para-hydroxylation sites is 1. The molecule has 0 saturated heterocycles. The van der Waals surface area contributed by atoms with Crippen molar-refractivity contribution in [2.75, 3.05) is 5.32 Å². The zero-order valence-electron chi connectivity index (χ0n) is 7.69. The minimum Gasteiger partial charge on any atom is -0.462 e. The molecular weight excluding hydrogens is 196 g/mol. The molecule has 0 aliphatic rings. The quantitative estimate of drug-likeness (QED) is 0.675. The van der Waals surface area contributed by atoms with Gasteiger partial charge in [0.15, 0.2) is 0 Å². The van der Waals surface area contributed by atoms with Crippen LogP contribution in [0.1, 0.15) is 0 Å². The number of nitrogens with two attached hydrogens (primary N) is 1. The van der Waals surface area contributed by atoms with Gasteiger partial charge in [-0.25, -0.2) is 0 Å². The number of furan rings is 1. The molecule has 0 spiro atoms. The van der Waals surface area contributed by atoms with Gasteiger partial charge in [0.05, 0.1) is 5.69 Å². The highest BCUT2D eigenvalue weighted by molar-refractivity contribution is 6.39. The number of nitrogens with one attached hydrogen (secondary N) is 1. The van der Waals surface area contributed by atoms with E-state index in [0.717, 1.165) is 5.39 Å². The summed E-state index contributed by atoms with van der Waals surface area (Å²) in [5.41, 5.74) is 5.89. The number of benzene rings is 1. The second-order valence-corrected chi connectivity index (χ2v) is 2.96. The molecule has 3 N–H and O–H groups in total. The third kappa shape index (κ3) is 1.67. The van der Waals surface area contributed by atoms with Gasteiger partial charge in [-0.1, -0.05) is 12.1 Å². The monoisotopic (exact) mass is 204 g/mol. The molecule has 2 aromatic rings. The van der Waals surface area contributed by atoms with Crippen molar-refractivity contribution in [1.82, 2.24) is 0 Å². The van der Waals surface area contributed by atoms with Crippen LogP contribution in [0.4, 0.5) is 5.69 Å². The van der Waals surface area contributed by atoms with Crippen LogP contribution in [0.5, 0.6) is 0 Å². The molecule has 0 atom stereocenters. The van der Waals surface area contributed by atoms with Crippen LogP contribution in [0.3, 0.4) is 0 Å². The Morgan fingerprint density at radius 3 is 2.73 bits per heavy atom. The van der Waals surface area contributed by atoms with Crippen molar-refractivity contribution in [3.8, 4) is 0 Å². The summed E-state index contributed by atoms with van der Waals surface area (Å²) in [6.45, 7) is 0. The lowest BCUT2D eigenvalue weighted by Crippen LogP contribution is -2.29. The van der Waals surface area contributed by atoms with Crippen LogP contribution in [-0.2, 0) is 9.59 Å². The van der Waals surface area contributed by atoms with Gasteiger partial charge in [0, 0.05) is 5.39 Å². The zero-order valence-corrected chi connectivity index (χ0v) is 7.69. The maximum absolute atomic E-state index is 11.0. The van der Waals surface area contributed by atoms with E-state index in [-0.39, 0.29) is 0 Å². The molecule has 2 rings (SSSR count). The van der Waals surface area contributed by atoms with E-state index in [4.69, 9.17) is 10.2 Å². The average molecular weight is 204 g/mol. The molecule has 0 radical (unpaired) electrons. The predicted octanol–water partition coefficient (Wildman–Crippen LogP) is 0.857. The molecule has 1 aromatic carbocycles. The molecule has 0 unspecified atom stereocenters. The number of hydrogen-bond donors (Lipinski definition) is 2. The van der Waals surface area contributed by atoms with Crippen molar-refractivity contribution in [1.29, 1.82) is 0 Å².